The molecule has 0 aliphatic carbocycles. The number of benzene rings is 2. The molecule has 1 aliphatic heterocycles. The summed E-state index contributed by atoms with van der Waals surface area (Å²) in [5.41, 5.74) is 1.24. The molecule has 21 heavy (non-hydrogen) atoms. The Morgan fingerprint density at radius 1 is 1.24 bits per heavy atom. The molecule has 0 unspecified atom stereocenters. The maximum absolute atomic E-state index is 13.2. The molecule has 0 saturated heterocycles. The number of fused-ring (bicyclic) bond motifs is 1. The van der Waals surface area contributed by atoms with Crippen molar-refractivity contribution in [2.45, 2.75) is 32.5 Å². The molecule has 2 aromatic rings. The van der Waals surface area contributed by atoms with Gasteiger partial charge in [-0.05, 0) is 38.1 Å². The SMILES string of the molecule is CC1(C)Cc2cccc(Oc3ccc(F)cc3CO)c2O1. The topological polar surface area (TPSA) is 38.7 Å². The highest BCUT2D eigenvalue weighted by atomic mass is 19.1. The van der Waals surface area contributed by atoms with Crippen molar-refractivity contribution in [3.05, 3.63) is 53.3 Å². The van der Waals surface area contributed by atoms with Crippen LogP contribution in [-0.4, -0.2) is 10.7 Å². The van der Waals surface area contributed by atoms with Crippen LogP contribution in [0.2, 0.25) is 0 Å². The third-order valence-corrected chi connectivity index (χ3v) is 3.47. The third-order valence-electron chi connectivity index (χ3n) is 3.47. The zero-order valence-electron chi connectivity index (χ0n) is 12.0. The Hall–Kier alpha value is -2.07. The van der Waals surface area contributed by atoms with Crippen molar-refractivity contribution in [3.63, 3.8) is 0 Å². The molecule has 0 fully saturated rings. The second-order valence-corrected chi connectivity index (χ2v) is 5.80. The van der Waals surface area contributed by atoms with Crippen molar-refractivity contribution in [2.75, 3.05) is 0 Å². The van der Waals surface area contributed by atoms with E-state index in [1.807, 2.05) is 32.0 Å². The highest BCUT2D eigenvalue weighted by molar-refractivity contribution is 5.52. The van der Waals surface area contributed by atoms with Gasteiger partial charge >= 0.3 is 0 Å². The van der Waals surface area contributed by atoms with Gasteiger partial charge in [-0.15, -0.1) is 0 Å². The smallest absolute Gasteiger partial charge is 0.169 e. The Bertz CT molecular complexity index is 680. The van der Waals surface area contributed by atoms with E-state index in [2.05, 4.69) is 0 Å². The van der Waals surface area contributed by atoms with Crippen molar-refractivity contribution in [2.24, 2.45) is 0 Å². The number of para-hydroxylation sites is 1. The monoisotopic (exact) mass is 288 g/mol. The van der Waals surface area contributed by atoms with Crippen LogP contribution >= 0.6 is 0 Å². The maximum Gasteiger partial charge on any atom is 0.169 e. The average Bonchev–Trinajstić information content (AvgIpc) is 2.75. The summed E-state index contributed by atoms with van der Waals surface area (Å²) in [4.78, 5) is 0. The van der Waals surface area contributed by atoms with Gasteiger partial charge in [0.05, 0.1) is 6.61 Å². The number of aliphatic hydroxyl groups excluding tert-OH is 1. The Kier molecular flexibility index (Phi) is 3.33. The molecule has 0 atom stereocenters. The van der Waals surface area contributed by atoms with Crippen LogP contribution in [0, 0.1) is 5.82 Å². The van der Waals surface area contributed by atoms with Gasteiger partial charge in [-0.3, -0.25) is 0 Å². The predicted octanol–water partition coefficient (Wildman–Crippen LogP) is 3.82. The summed E-state index contributed by atoms with van der Waals surface area (Å²) in [6.07, 6.45) is 0.815. The number of ether oxygens (including phenoxy) is 2. The molecule has 1 heterocycles. The minimum atomic E-state index is -0.401. The summed E-state index contributed by atoms with van der Waals surface area (Å²) in [5, 5.41) is 9.32. The van der Waals surface area contributed by atoms with Crippen LogP contribution in [0.5, 0.6) is 17.2 Å². The number of rotatable bonds is 3. The van der Waals surface area contributed by atoms with Gasteiger partial charge in [0.25, 0.3) is 0 Å². The lowest BCUT2D eigenvalue weighted by molar-refractivity contribution is 0.135. The van der Waals surface area contributed by atoms with Crippen LogP contribution in [-0.2, 0) is 13.0 Å². The summed E-state index contributed by atoms with van der Waals surface area (Å²) in [7, 11) is 0. The second-order valence-electron chi connectivity index (χ2n) is 5.80. The van der Waals surface area contributed by atoms with E-state index in [-0.39, 0.29) is 12.2 Å². The minimum absolute atomic E-state index is 0.260. The molecule has 0 amide bonds. The van der Waals surface area contributed by atoms with Crippen LogP contribution in [0.3, 0.4) is 0 Å². The fourth-order valence-electron chi connectivity index (χ4n) is 2.56. The molecule has 0 spiro atoms. The van der Waals surface area contributed by atoms with Gasteiger partial charge < -0.3 is 14.6 Å². The highest BCUT2D eigenvalue weighted by Crippen LogP contribution is 2.43. The molecule has 0 aromatic heterocycles. The molecule has 1 aliphatic rings. The maximum atomic E-state index is 13.2. The second kappa shape index (κ2) is 5.04. The van der Waals surface area contributed by atoms with Crippen molar-refractivity contribution in [1.82, 2.24) is 0 Å². The van der Waals surface area contributed by atoms with Crippen LogP contribution < -0.4 is 9.47 Å². The molecule has 3 rings (SSSR count). The molecule has 1 N–H and O–H groups in total. The minimum Gasteiger partial charge on any atom is -0.483 e. The summed E-state index contributed by atoms with van der Waals surface area (Å²) >= 11 is 0. The van der Waals surface area contributed by atoms with E-state index < -0.39 is 5.82 Å². The molecular weight excluding hydrogens is 271 g/mol. The average molecular weight is 288 g/mol. The van der Waals surface area contributed by atoms with E-state index in [1.165, 1.54) is 18.2 Å². The van der Waals surface area contributed by atoms with E-state index in [0.29, 0.717) is 17.1 Å². The third kappa shape index (κ3) is 2.72. The number of hydrogen-bond donors (Lipinski definition) is 1. The van der Waals surface area contributed by atoms with E-state index in [0.717, 1.165) is 17.7 Å². The first kappa shape index (κ1) is 13.9. The summed E-state index contributed by atoms with van der Waals surface area (Å²) in [5.74, 6) is 1.33. The summed E-state index contributed by atoms with van der Waals surface area (Å²) in [6.45, 7) is 3.76. The standard InChI is InChI=1S/C17H17FO3/c1-17(2)9-11-4-3-5-15(16(11)21-17)20-14-7-6-13(18)8-12(14)10-19/h3-8,19H,9-10H2,1-2H3. The van der Waals surface area contributed by atoms with Gasteiger partial charge in [0.2, 0.25) is 0 Å². The summed E-state index contributed by atoms with van der Waals surface area (Å²) in [6, 6.07) is 9.81. The van der Waals surface area contributed by atoms with E-state index in [9.17, 15) is 9.50 Å². The fraction of sp³-hybridized carbons (Fsp3) is 0.294. The van der Waals surface area contributed by atoms with E-state index in [1.54, 1.807) is 0 Å². The van der Waals surface area contributed by atoms with Gasteiger partial charge in [0.15, 0.2) is 11.5 Å². The largest absolute Gasteiger partial charge is 0.483 e. The first-order chi connectivity index (χ1) is 9.98. The van der Waals surface area contributed by atoms with Gasteiger partial charge in [-0.2, -0.15) is 0 Å². The van der Waals surface area contributed by atoms with E-state index >= 15 is 0 Å². The lowest BCUT2D eigenvalue weighted by Gasteiger charge is -2.18. The molecule has 4 heteroatoms. The molecule has 0 saturated carbocycles. The molecule has 110 valence electrons. The van der Waals surface area contributed by atoms with Crippen molar-refractivity contribution in [1.29, 1.82) is 0 Å². The fourth-order valence-corrected chi connectivity index (χ4v) is 2.56. The first-order valence-electron chi connectivity index (χ1n) is 6.86. The highest BCUT2D eigenvalue weighted by Gasteiger charge is 2.32. The van der Waals surface area contributed by atoms with Crippen molar-refractivity contribution >= 4 is 0 Å². The number of aliphatic hydroxyl groups is 1. The lowest BCUT2D eigenvalue weighted by atomic mass is 10.0. The normalized spacial score (nSPS) is 15.4. The molecule has 3 nitrogen and oxygen atoms in total. The Morgan fingerprint density at radius 3 is 2.81 bits per heavy atom. The van der Waals surface area contributed by atoms with Gasteiger partial charge in [-0.1, -0.05) is 12.1 Å². The van der Waals surface area contributed by atoms with Crippen LogP contribution in [0.4, 0.5) is 4.39 Å². The van der Waals surface area contributed by atoms with Crippen LogP contribution in [0.1, 0.15) is 25.0 Å². The van der Waals surface area contributed by atoms with Gasteiger partial charge in [0.1, 0.15) is 17.2 Å². The van der Waals surface area contributed by atoms with Crippen LogP contribution in [0.25, 0.3) is 0 Å². The quantitative estimate of drug-likeness (QED) is 0.933. The predicted molar refractivity (Wildman–Crippen MR) is 77.2 cm³/mol. The first-order valence-corrected chi connectivity index (χ1v) is 6.86. The number of halogens is 1. The molecular formula is C17H17FO3. The number of hydrogen-bond acceptors (Lipinski definition) is 3. The van der Waals surface area contributed by atoms with Crippen LogP contribution in [0.15, 0.2) is 36.4 Å². The molecule has 0 radical (unpaired) electrons. The summed E-state index contributed by atoms with van der Waals surface area (Å²) < 4.78 is 25.0. The van der Waals surface area contributed by atoms with E-state index in [4.69, 9.17) is 9.47 Å². The Labute approximate surface area is 122 Å². The van der Waals surface area contributed by atoms with Crippen molar-refractivity contribution < 1.29 is 19.0 Å². The van der Waals surface area contributed by atoms with Crippen molar-refractivity contribution in [3.8, 4) is 17.2 Å². The zero-order valence-corrected chi connectivity index (χ0v) is 12.0. The Balaban J connectivity index is 1.96. The lowest BCUT2D eigenvalue weighted by Crippen LogP contribution is -2.24. The Morgan fingerprint density at radius 2 is 2.05 bits per heavy atom. The van der Waals surface area contributed by atoms with Gasteiger partial charge in [-0.25, -0.2) is 4.39 Å². The molecule has 0 bridgehead atoms. The van der Waals surface area contributed by atoms with Gasteiger partial charge in [0, 0.05) is 17.5 Å². The molecule has 2 aromatic carbocycles. The zero-order chi connectivity index (χ0) is 15.0.